The molecule has 52 valence electrons. The van der Waals surface area contributed by atoms with Crippen molar-refractivity contribution in [3.05, 3.63) is 41.3 Å². The van der Waals surface area contributed by atoms with E-state index in [1.165, 1.54) is 0 Å². The molecule has 1 aromatic rings. The van der Waals surface area contributed by atoms with E-state index >= 15 is 0 Å². The van der Waals surface area contributed by atoms with Crippen molar-refractivity contribution in [3.8, 4) is 0 Å². The predicted octanol–water partition coefficient (Wildman–Crippen LogP) is -1.77. The normalized spacial score (nSPS) is 8.09. The van der Waals surface area contributed by atoms with E-state index in [0.29, 0.717) is 0 Å². The van der Waals surface area contributed by atoms with Crippen LogP contribution >= 0.6 is 0 Å². The van der Waals surface area contributed by atoms with Crippen LogP contribution in [-0.4, -0.2) is 12.9 Å². The van der Waals surface area contributed by atoms with Crippen LogP contribution in [0.5, 0.6) is 0 Å². The van der Waals surface area contributed by atoms with Gasteiger partial charge in [-0.15, -0.1) is 0 Å². The monoisotopic (exact) mass is 140 g/mol. The maximum Gasteiger partial charge on any atom is 1.00 e. The van der Waals surface area contributed by atoms with Crippen molar-refractivity contribution in [2.75, 3.05) is 7.05 Å². The molecule has 0 aliphatic rings. The van der Waals surface area contributed by atoms with Crippen LogP contribution in [0.3, 0.4) is 0 Å². The zero-order valence-corrected chi connectivity index (χ0v) is 6.83. The van der Waals surface area contributed by atoms with Crippen LogP contribution in [0.1, 0.15) is 5.56 Å². The molecular formula is C8H9LiN2. The van der Waals surface area contributed by atoms with Gasteiger partial charge in [-0.05, 0) is 5.56 Å². The summed E-state index contributed by atoms with van der Waals surface area (Å²) in [6.45, 7) is 0. The Balaban J connectivity index is 0.000001000. The number of benzene rings is 1. The summed E-state index contributed by atoms with van der Waals surface area (Å²) in [5.74, 6) is 0.209. The third-order valence-electron chi connectivity index (χ3n) is 1.28. The molecule has 1 N–H and O–H groups in total. The van der Waals surface area contributed by atoms with E-state index in [0.717, 1.165) is 5.56 Å². The average Bonchev–Trinajstić information content (AvgIpc) is 2.05. The van der Waals surface area contributed by atoms with Crippen LogP contribution < -0.4 is 24.2 Å². The fourth-order valence-corrected chi connectivity index (χ4v) is 0.740. The molecule has 1 rings (SSSR count). The van der Waals surface area contributed by atoms with Crippen molar-refractivity contribution in [3.63, 3.8) is 0 Å². The fourth-order valence-electron chi connectivity index (χ4n) is 0.740. The molecule has 11 heavy (non-hydrogen) atoms. The summed E-state index contributed by atoms with van der Waals surface area (Å²) in [6.07, 6.45) is 0. The van der Waals surface area contributed by atoms with Crippen LogP contribution in [0.15, 0.2) is 30.3 Å². The minimum Gasteiger partial charge on any atom is -0.484 e. The molecule has 1 aromatic carbocycles. The summed E-state index contributed by atoms with van der Waals surface area (Å²) in [5.41, 5.74) is 0.810. The number of nitrogens with one attached hydrogen (secondary N) is 1. The van der Waals surface area contributed by atoms with Gasteiger partial charge >= 0.3 is 18.9 Å². The second-order valence-electron chi connectivity index (χ2n) is 1.96. The van der Waals surface area contributed by atoms with Crippen LogP contribution in [0.4, 0.5) is 0 Å². The van der Waals surface area contributed by atoms with E-state index < -0.39 is 0 Å². The molecule has 0 aliphatic heterocycles. The zero-order valence-electron chi connectivity index (χ0n) is 6.83. The molecule has 3 heteroatoms. The average molecular weight is 140 g/mol. The van der Waals surface area contributed by atoms with Gasteiger partial charge in [-0.3, -0.25) is 0 Å². The summed E-state index contributed by atoms with van der Waals surface area (Å²) in [7, 11) is 1.68. The first kappa shape index (κ1) is 10.3. The number of hydrogen-bond acceptors (Lipinski definition) is 0. The molecule has 0 heterocycles. The standard InChI is InChI=1S/C8H9N2.Li/c1-10-8(9)7-5-3-2-4-6-7;/h2-6H,1H3,(H-,9,10);/q-1;+1. The summed E-state index contributed by atoms with van der Waals surface area (Å²) >= 11 is 0. The molecular weight excluding hydrogens is 131 g/mol. The van der Waals surface area contributed by atoms with Gasteiger partial charge in [0, 0.05) is 0 Å². The molecule has 0 bridgehead atoms. The third-order valence-corrected chi connectivity index (χ3v) is 1.28. The predicted molar refractivity (Wildman–Crippen MR) is 43.0 cm³/mol. The molecule has 0 radical (unpaired) electrons. The Hall–Kier alpha value is -0.713. The molecule has 0 fully saturated rings. The maximum atomic E-state index is 9.13. The quantitative estimate of drug-likeness (QED) is 0.279. The zero-order chi connectivity index (χ0) is 7.40. The molecule has 0 unspecified atom stereocenters. The van der Waals surface area contributed by atoms with Gasteiger partial charge in [-0.1, -0.05) is 43.2 Å². The van der Waals surface area contributed by atoms with Crippen molar-refractivity contribution in [2.24, 2.45) is 0 Å². The van der Waals surface area contributed by atoms with Crippen molar-refractivity contribution >= 4 is 5.84 Å². The first-order valence-electron chi connectivity index (χ1n) is 3.13. The first-order valence-corrected chi connectivity index (χ1v) is 3.13. The molecule has 0 aromatic heterocycles. The van der Waals surface area contributed by atoms with E-state index in [-0.39, 0.29) is 24.7 Å². The third kappa shape index (κ3) is 2.79. The Kier molecular flexibility index (Phi) is 4.68. The van der Waals surface area contributed by atoms with Gasteiger partial charge < -0.3 is 10.7 Å². The van der Waals surface area contributed by atoms with Crippen LogP contribution in [0, 0.1) is 0 Å². The number of hydrogen-bond donors (Lipinski definition) is 1. The van der Waals surface area contributed by atoms with Crippen molar-refractivity contribution in [1.29, 1.82) is 0 Å². The van der Waals surface area contributed by atoms with Crippen molar-refractivity contribution < 1.29 is 18.9 Å². The number of nitrogens with zero attached hydrogens (tertiary/aromatic N) is 1. The second-order valence-corrected chi connectivity index (χ2v) is 1.96. The Morgan fingerprint density at radius 3 is 2.27 bits per heavy atom. The van der Waals surface area contributed by atoms with E-state index in [2.05, 4.69) is 5.32 Å². The van der Waals surface area contributed by atoms with E-state index in [9.17, 15) is 0 Å². The second kappa shape index (κ2) is 5.01. The Bertz CT molecular complexity index is 221. The number of amidine groups is 1. The molecule has 0 spiro atoms. The topological polar surface area (TPSA) is 34.3 Å². The Labute approximate surface area is 78.7 Å². The van der Waals surface area contributed by atoms with Gasteiger partial charge in [0.25, 0.3) is 0 Å². The summed E-state index contributed by atoms with van der Waals surface area (Å²) in [6, 6.07) is 9.34. The molecule has 0 atom stereocenters. The molecule has 2 nitrogen and oxygen atoms in total. The Morgan fingerprint density at radius 2 is 1.82 bits per heavy atom. The van der Waals surface area contributed by atoms with E-state index in [1.807, 2.05) is 30.3 Å². The first-order chi connectivity index (χ1) is 4.84. The van der Waals surface area contributed by atoms with Gasteiger partial charge in [0.15, 0.2) is 0 Å². The minimum absolute atomic E-state index is 0. The largest absolute Gasteiger partial charge is 1.00 e. The summed E-state index contributed by atoms with van der Waals surface area (Å²) < 4.78 is 0. The summed E-state index contributed by atoms with van der Waals surface area (Å²) in [4.78, 5) is 0. The van der Waals surface area contributed by atoms with Crippen LogP contribution in [-0.2, 0) is 0 Å². The SMILES string of the molecule is CNC(=[N-])c1ccccc1.[Li+]. The summed E-state index contributed by atoms with van der Waals surface area (Å²) in [5, 5.41) is 11.8. The van der Waals surface area contributed by atoms with Gasteiger partial charge in [0.2, 0.25) is 0 Å². The van der Waals surface area contributed by atoms with E-state index in [1.54, 1.807) is 7.05 Å². The minimum atomic E-state index is 0. The van der Waals surface area contributed by atoms with Crippen LogP contribution in [0.2, 0.25) is 0 Å². The van der Waals surface area contributed by atoms with Crippen LogP contribution in [0.25, 0.3) is 5.41 Å². The van der Waals surface area contributed by atoms with E-state index in [4.69, 9.17) is 5.41 Å². The van der Waals surface area contributed by atoms with Gasteiger partial charge in [-0.25, -0.2) is 0 Å². The molecule has 0 aliphatic carbocycles. The Morgan fingerprint density at radius 1 is 1.27 bits per heavy atom. The van der Waals surface area contributed by atoms with Gasteiger partial charge in [0.1, 0.15) is 0 Å². The van der Waals surface area contributed by atoms with Gasteiger partial charge in [0.05, 0.1) is 0 Å². The van der Waals surface area contributed by atoms with Crippen molar-refractivity contribution in [2.45, 2.75) is 0 Å². The van der Waals surface area contributed by atoms with Gasteiger partial charge in [-0.2, -0.15) is 0 Å². The molecule has 0 amide bonds. The molecule has 0 saturated heterocycles. The smallest absolute Gasteiger partial charge is 0.484 e. The fraction of sp³-hybridized carbons (Fsp3) is 0.125. The molecule has 0 saturated carbocycles. The van der Waals surface area contributed by atoms with Crippen molar-refractivity contribution in [1.82, 2.24) is 5.32 Å². The maximum absolute atomic E-state index is 9.13. The number of rotatable bonds is 1.